The molecule has 0 amide bonds. The average molecular weight is 260 g/mol. The van der Waals surface area contributed by atoms with Gasteiger partial charge in [0.05, 0.1) is 0 Å². The van der Waals surface area contributed by atoms with E-state index in [0.717, 1.165) is 19.4 Å². The van der Waals surface area contributed by atoms with E-state index in [4.69, 9.17) is 0 Å². The van der Waals surface area contributed by atoms with Crippen molar-refractivity contribution in [1.29, 1.82) is 0 Å². The third-order valence-corrected chi connectivity index (χ3v) is 4.61. The molecule has 1 aliphatic heterocycles. The number of aromatic hydroxyl groups is 1. The molecule has 2 atom stereocenters. The van der Waals surface area contributed by atoms with E-state index >= 15 is 0 Å². The highest BCUT2D eigenvalue weighted by Crippen LogP contribution is 2.42. The summed E-state index contributed by atoms with van der Waals surface area (Å²) in [5.74, 6) is 0.489. The molecule has 1 heterocycles. The summed E-state index contributed by atoms with van der Waals surface area (Å²) in [4.78, 5) is 4.96. The zero-order chi connectivity index (χ0) is 13.4. The maximum Gasteiger partial charge on any atom is 0.119 e. The molecule has 3 heteroatoms. The topological polar surface area (TPSA) is 26.7 Å². The molecular weight excluding hydrogens is 236 g/mol. The molecule has 0 radical (unpaired) electrons. The van der Waals surface area contributed by atoms with Crippen LogP contribution in [0.25, 0.3) is 0 Å². The molecule has 3 rings (SSSR count). The van der Waals surface area contributed by atoms with Crippen LogP contribution in [-0.4, -0.2) is 48.1 Å². The zero-order valence-electron chi connectivity index (χ0n) is 12.0. The van der Waals surface area contributed by atoms with Crippen LogP contribution in [0.2, 0.25) is 0 Å². The molecule has 0 bridgehead atoms. The second-order valence-electron chi connectivity index (χ2n) is 6.20. The van der Waals surface area contributed by atoms with Crippen molar-refractivity contribution in [3.63, 3.8) is 0 Å². The van der Waals surface area contributed by atoms with Gasteiger partial charge in [-0.1, -0.05) is 12.1 Å². The van der Waals surface area contributed by atoms with E-state index in [9.17, 15) is 5.11 Å². The summed E-state index contributed by atoms with van der Waals surface area (Å²) in [5.41, 5.74) is 2.55. The molecular formula is C16H24N2O. The molecule has 3 nitrogen and oxygen atoms in total. The number of phenols is 1. The standard InChI is InChI=1S/C16H24N2O/c1-17(2)11-12-5-4-10-18(12)15-9-8-14-13(15)6-3-7-16(14)19/h3,6-7,12,15,19H,4-5,8-11H2,1-2H3. The molecule has 1 aromatic rings. The quantitative estimate of drug-likeness (QED) is 0.904. The van der Waals surface area contributed by atoms with Crippen molar-refractivity contribution in [1.82, 2.24) is 9.80 Å². The molecule has 104 valence electrons. The van der Waals surface area contributed by atoms with E-state index in [1.807, 2.05) is 12.1 Å². The Morgan fingerprint density at radius 1 is 1.32 bits per heavy atom. The summed E-state index contributed by atoms with van der Waals surface area (Å²) in [5, 5.41) is 9.98. The van der Waals surface area contributed by atoms with Crippen LogP contribution in [0, 0.1) is 0 Å². The van der Waals surface area contributed by atoms with E-state index in [2.05, 4.69) is 30.0 Å². The molecule has 0 aromatic heterocycles. The minimum absolute atomic E-state index is 0.489. The smallest absolute Gasteiger partial charge is 0.119 e. The lowest BCUT2D eigenvalue weighted by Gasteiger charge is -2.32. The summed E-state index contributed by atoms with van der Waals surface area (Å²) < 4.78 is 0. The van der Waals surface area contributed by atoms with Crippen LogP contribution in [0.15, 0.2) is 18.2 Å². The summed E-state index contributed by atoms with van der Waals surface area (Å²) in [6.07, 6.45) is 4.81. The first-order valence-corrected chi connectivity index (χ1v) is 7.38. The number of likely N-dealkylation sites (N-methyl/N-ethyl adjacent to an activating group) is 1. The minimum atomic E-state index is 0.489. The van der Waals surface area contributed by atoms with Gasteiger partial charge in [-0.05, 0) is 63.5 Å². The molecule has 1 N–H and O–H groups in total. The number of likely N-dealkylation sites (tertiary alicyclic amines) is 1. The summed E-state index contributed by atoms with van der Waals surface area (Å²) in [6.45, 7) is 2.35. The lowest BCUT2D eigenvalue weighted by molar-refractivity contribution is 0.152. The molecule has 0 spiro atoms. The fourth-order valence-corrected chi connectivity index (χ4v) is 3.84. The maximum atomic E-state index is 9.98. The van der Waals surface area contributed by atoms with E-state index in [0.29, 0.717) is 17.8 Å². The number of hydrogen-bond donors (Lipinski definition) is 1. The molecule has 1 saturated heterocycles. The molecule has 1 aromatic carbocycles. The highest BCUT2D eigenvalue weighted by atomic mass is 16.3. The van der Waals surface area contributed by atoms with Gasteiger partial charge in [-0.25, -0.2) is 0 Å². The Hall–Kier alpha value is -1.06. The van der Waals surface area contributed by atoms with Crippen LogP contribution < -0.4 is 0 Å². The highest BCUT2D eigenvalue weighted by molar-refractivity contribution is 5.44. The van der Waals surface area contributed by atoms with Crippen molar-refractivity contribution in [2.24, 2.45) is 0 Å². The number of hydrogen-bond acceptors (Lipinski definition) is 3. The fraction of sp³-hybridized carbons (Fsp3) is 0.625. The van der Waals surface area contributed by atoms with Gasteiger partial charge in [-0.2, -0.15) is 0 Å². The van der Waals surface area contributed by atoms with Crippen molar-refractivity contribution in [2.45, 2.75) is 37.8 Å². The molecule has 1 fully saturated rings. The van der Waals surface area contributed by atoms with Gasteiger partial charge in [-0.3, -0.25) is 4.90 Å². The van der Waals surface area contributed by atoms with Crippen molar-refractivity contribution in [2.75, 3.05) is 27.2 Å². The second kappa shape index (κ2) is 5.14. The summed E-state index contributed by atoms with van der Waals surface area (Å²) >= 11 is 0. The second-order valence-corrected chi connectivity index (χ2v) is 6.20. The van der Waals surface area contributed by atoms with Gasteiger partial charge in [0.1, 0.15) is 5.75 Å². The van der Waals surface area contributed by atoms with Crippen molar-refractivity contribution in [3.05, 3.63) is 29.3 Å². The van der Waals surface area contributed by atoms with E-state index < -0.39 is 0 Å². The van der Waals surface area contributed by atoms with Gasteiger partial charge in [-0.15, -0.1) is 0 Å². The van der Waals surface area contributed by atoms with Crippen LogP contribution in [0.5, 0.6) is 5.75 Å². The fourth-order valence-electron chi connectivity index (χ4n) is 3.84. The first-order valence-electron chi connectivity index (χ1n) is 7.38. The Morgan fingerprint density at radius 3 is 2.95 bits per heavy atom. The number of phenolic OH excluding ortho intramolecular Hbond substituents is 1. The third-order valence-electron chi connectivity index (χ3n) is 4.61. The normalized spacial score (nSPS) is 27.1. The Bertz CT molecular complexity index is 458. The SMILES string of the molecule is CN(C)CC1CCCN1C1CCc2c(O)cccc21. The maximum absolute atomic E-state index is 9.98. The van der Waals surface area contributed by atoms with Gasteiger partial charge in [0.25, 0.3) is 0 Å². The summed E-state index contributed by atoms with van der Waals surface area (Å²) in [7, 11) is 4.32. The number of fused-ring (bicyclic) bond motifs is 1. The Balaban J connectivity index is 1.83. The first kappa shape index (κ1) is 12.9. The third kappa shape index (κ3) is 2.37. The Morgan fingerprint density at radius 2 is 2.16 bits per heavy atom. The highest BCUT2D eigenvalue weighted by Gasteiger charge is 2.35. The van der Waals surface area contributed by atoms with Crippen LogP contribution in [0.3, 0.4) is 0 Å². The van der Waals surface area contributed by atoms with Crippen molar-refractivity contribution < 1.29 is 5.11 Å². The first-order chi connectivity index (χ1) is 9.16. The van der Waals surface area contributed by atoms with E-state index in [1.165, 1.54) is 30.5 Å². The van der Waals surface area contributed by atoms with Crippen molar-refractivity contribution >= 4 is 0 Å². The molecule has 1 aliphatic carbocycles. The number of nitrogens with zero attached hydrogens (tertiary/aromatic N) is 2. The largest absolute Gasteiger partial charge is 0.508 e. The van der Waals surface area contributed by atoms with Gasteiger partial charge >= 0.3 is 0 Å². The van der Waals surface area contributed by atoms with Gasteiger partial charge < -0.3 is 10.0 Å². The minimum Gasteiger partial charge on any atom is -0.508 e. The number of rotatable bonds is 3. The summed E-state index contributed by atoms with van der Waals surface area (Å²) in [6, 6.07) is 7.21. The van der Waals surface area contributed by atoms with Crippen LogP contribution >= 0.6 is 0 Å². The van der Waals surface area contributed by atoms with Gasteiger partial charge in [0, 0.05) is 18.6 Å². The number of benzene rings is 1. The van der Waals surface area contributed by atoms with Gasteiger partial charge in [0.15, 0.2) is 0 Å². The van der Waals surface area contributed by atoms with Gasteiger partial charge in [0.2, 0.25) is 0 Å². The molecule has 2 aliphatic rings. The van der Waals surface area contributed by atoms with Crippen LogP contribution in [0.4, 0.5) is 0 Å². The predicted octanol–water partition coefficient (Wildman–Crippen LogP) is 2.41. The Labute approximate surface area is 115 Å². The Kier molecular flexibility index (Phi) is 3.50. The predicted molar refractivity (Wildman–Crippen MR) is 77.5 cm³/mol. The zero-order valence-corrected chi connectivity index (χ0v) is 12.0. The lowest BCUT2D eigenvalue weighted by atomic mass is 10.1. The van der Waals surface area contributed by atoms with Crippen LogP contribution in [-0.2, 0) is 6.42 Å². The molecule has 19 heavy (non-hydrogen) atoms. The average Bonchev–Trinajstić information content (AvgIpc) is 2.95. The molecule has 2 unspecified atom stereocenters. The lowest BCUT2D eigenvalue weighted by Crippen LogP contribution is -2.39. The molecule has 0 saturated carbocycles. The van der Waals surface area contributed by atoms with Crippen LogP contribution in [0.1, 0.15) is 36.4 Å². The van der Waals surface area contributed by atoms with Crippen molar-refractivity contribution in [3.8, 4) is 5.75 Å². The van der Waals surface area contributed by atoms with E-state index in [1.54, 1.807) is 0 Å². The monoisotopic (exact) mass is 260 g/mol. The van der Waals surface area contributed by atoms with E-state index in [-0.39, 0.29) is 0 Å².